The molecule has 4 heteroatoms. The molecule has 0 saturated heterocycles. The lowest BCUT2D eigenvalue weighted by molar-refractivity contribution is -0.382. The molecule has 0 aliphatic carbocycles. The van der Waals surface area contributed by atoms with Crippen LogP contribution in [-0.2, 0) is 0 Å². The Morgan fingerprint density at radius 1 is 0.944 bits per heavy atom. The zero-order valence-corrected chi connectivity index (χ0v) is 9.46. The first-order valence-corrected chi connectivity index (χ1v) is 5.58. The van der Waals surface area contributed by atoms with Gasteiger partial charge in [-0.3, -0.25) is 10.1 Å². The highest BCUT2D eigenvalue weighted by Gasteiger charge is 2.22. The van der Waals surface area contributed by atoms with Crippen LogP contribution in [0, 0.1) is 10.1 Å². The van der Waals surface area contributed by atoms with Gasteiger partial charge < -0.3 is 4.98 Å². The van der Waals surface area contributed by atoms with Crippen molar-refractivity contribution >= 4 is 16.6 Å². The van der Waals surface area contributed by atoms with Crippen molar-refractivity contribution in [2.75, 3.05) is 0 Å². The van der Waals surface area contributed by atoms with Crippen molar-refractivity contribution in [3.8, 4) is 11.3 Å². The van der Waals surface area contributed by atoms with Crippen molar-refractivity contribution in [2.24, 2.45) is 0 Å². The maximum atomic E-state index is 11.3. The van der Waals surface area contributed by atoms with Gasteiger partial charge in [0.05, 0.1) is 15.8 Å². The maximum Gasteiger partial charge on any atom is 0.302 e. The third-order valence-corrected chi connectivity index (χ3v) is 2.92. The van der Waals surface area contributed by atoms with Gasteiger partial charge in [-0.2, -0.15) is 0 Å². The van der Waals surface area contributed by atoms with Gasteiger partial charge >= 0.3 is 5.69 Å². The monoisotopic (exact) mass is 238 g/mol. The van der Waals surface area contributed by atoms with Gasteiger partial charge in [-0.05, 0) is 12.1 Å². The number of para-hydroxylation sites is 1. The summed E-state index contributed by atoms with van der Waals surface area (Å²) in [5.74, 6) is 0. The van der Waals surface area contributed by atoms with E-state index < -0.39 is 0 Å². The summed E-state index contributed by atoms with van der Waals surface area (Å²) in [7, 11) is 0. The van der Waals surface area contributed by atoms with E-state index >= 15 is 0 Å². The number of nitro groups is 1. The van der Waals surface area contributed by atoms with Crippen molar-refractivity contribution in [3.63, 3.8) is 0 Å². The molecule has 0 fully saturated rings. The summed E-state index contributed by atoms with van der Waals surface area (Å²) in [5, 5.41) is 11.9. The molecule has 1 N–H and O–H groups in total. The molecule has 2 aromatic carbocycles. The summed E-state index contributed by atoms with van der Waals surface area (Å²) >= 11 is 0. The van der Waals surface area contributed by atoms with E-state index in [-0.39, 0.29) is 10.6 Å². The summed E-state index contributed by atoms with van der Waals surface area (Å²) < 4.78 is 0. The number of fused-ring (bicyclic) bond motifs is 1. The molecule has 0 spiro atoms. The second kappa shape index (κ2) is 4.00. The fourth-order valence-electron chi connectivity index (χ4n) is 2.13. The number of aromatic amines is 1. The lowest BCUT2D eigenvalue weighted by Gasteiger charge is -1.97. The molecule has 0 amide bonds. The van der Waals surface area contributed by atoms with Gasteiger partial charge in [-0.15, -0.1) is 0 Å². The van der Waals surface area contributed by atoms with Crippen molar-refractivity contribution in [1.82, 2.24) is 4.98 Å². The van der Waals surface area contributed by atoms with Crippen molar-refractivity contribution in [1.29, 1.82) is 0 Å². The molecule has 0 bridgehead atoms. The number of hydrogen-bond donors (Lipinski definition) is 1. The number of benzene rings is 2. The second-order valence-electron chi connectivity index (χ2n) is 4.02. The highest BCUT2D eigenvalue weighted by Crippen LogP contribution is 2.36. The lowest BCUT2D eigenvalue weighted by atomic mass is 10.1. The summed E-state index contributed by atoms with van der Waals surface area (Å²) in [6, 6.07) is 16.6. The van der Waals surface area contributed by atoms with Crippen molar-refractivity contribution in [3.05, 3.63) is 64.7 Å². The summed E-state index contributed by atoms with van der Waals surface area (Å²) in [6.45, 7) is 0. The van der Waals surface area contributed by atoms with E-state index in [0.29, 0.717) is 11.1 Å². The van der Waals surface area contributed by atoms with Crippen LogP contribution in [0.15, 0.2) is 54.6 Å². The van der Waals surface area contributed by atoms with E-state index in [1.807, 2.05) is 42.5 Å². The number of hydrogen-bond acceptors (Lipinski definition) is 2. The SMILES string of the molecule is O=[N+]([O-])c1c(-c2ccccc2)[nH]c2ccccc12. The van der Waals surface area contributed by atoms with Gasteiger partial charge in [0.25, 0.3) is 0 Å². The Morgan fingerprint density at radius 3 is 2.33 bits per heavy atom. The van der Waals surface area contributed by atoms with E-state index in [1.54, 1.807) is 12.1 Å². The minimum Gasteiger partial charge on any atom is -0.349 e. The van der Waals surface area contributed by atoms with E-state index in [9.17, 15) is 10.1 Å². The highest BCUT2D eigenvalue weighted by atomic mass is 16.6. The lowest BCUT2D eigenvalue weighted by Crippen LogP contribution is -1.89. The Balaban J connectivity index is 2.36. The molecule has 4 nitrogen and oxygen atoms in total. The normalized spacial score (nSPS) is 10.7. The number of rotatable bonds is 2. The first kappa shape index (κ1) is 10.5. The first-order valence-electron chi connectivity index (χ1n) is 5.58. The van der Waals surface area contributed by atoms with Crippen LogP contribution in [0.4, 0.5) is 5.69 Å². The minimum atomic E-state index is -0.332. The predicted octanol–water partition coefficient (Wildman–Crippen LogP) is 3.74. The van der Waals surface area contributed by atoms with E-state index in [4.69, 9.17) is 0 Å². The second-order valence-corrected chi connectivity index (χ2v) is 4.02. The molecule has 18 heavy (non-hydrogen) atoms. The largest absolute Gasteiger partial charge is 0.349 e. The van der Waals surface area contributed by atoms with Crippen molar-refractivity contribution < 1.29 is 4.92 Å². The number of nitrogens with zero attached hydrogens (tertiary/aromatic N) is 1. The quantitative estimate of drug-likeness (QED) is 0.546. The number of nitrogens with one attached hydrogen (secondary N) is 1. The Labute approximate surface area is 103 Å². The molecule has 0 aliphatic heterocycles. The average molecular weight is 238 g/mol. The van der Waals surface area contributed by atoms with Gasteiger partial charge in [-0.1, -0.05) is 42.5 Å². The predicted molar refractivity (Wildman–Crippen MR) is 70.4 cm³/mol. The smallest absolute Gasteiger partial charge is 0.302 e. The van der Waals surface area contributed by atoms with E-state index in [2.05, 4.69) is 4.98 Å². The fraction of sp³-hybridized carbons (Fsp3) is 0. The zero-order valence-electron chi connectivity index (χ0n) is 9.46. The standard InChI is InChI=1S/C14H10N2O2/c17-16(18)14-11-8-4-5-9-12(11)15-13(14)10-6-2-1-3-7-10/h1-9,15H. The third-order valence-electron chi connectivity index (χ3n) is 2.92. The molecule has 88 valence electrons. The Hall–Kier alpha value is -2.62. The highest BCUT2D eigenvalue weighted by molar-refractivity contribution is 5.97. The van der Waals surface area contributed by atoms with Gasteiger partial charge in [0.15, 0.2) is 0 Å². The van der Waals surface area contributed by atoms with Gasteiger partial charge in [0.1, 0.15) is 5.69 Å². The molecular weight excluding hydrogens is 228 g/mol. The summed E-state index contributed by atoms with van der Waals surface area (Å²) in [4.78, 5) is 14.0. The van der Waals surface area contributed by atoms with Crippen LogP contribution in [0.3, 0.4) is 0 Å². The average Bonchev–Trinajstić information content (AvgIpc) is 2.79. The van der Waals surface area contributed by atoms with Crippen LogP contribution in [0.5, 0.6) is 0 Å². The minimum absolute atomic E-state index is 0.136. The van der Waals surface area contributed by atoms with Gasteiger partial charge in [-0.25, -0.2) is 0 Å². The Bertz CT molecular complexity index is 717. The van der Waals surface area contributed by atoms with Crippen molar-refractivity contribution in [2.45, 2.75) is 0 Å². The summed E-state index contributed by atoms with van der Waals surface area (Å²) in [6.07, 6.45) is 0. The zero-order chi connectivity index (χ0) is 12.5. The molecule has 0 saturated carbocycles. The molecule has 3 rings (SSSR count). The Kier molecular flexibility index (Phi) is 2.34. The molecule has 0 atom stereocenters. The number of aromatic nitrogens is 1. The molecule has 0 aliphatic rings. The van der Waals surface area contributed by atoms with Crippen LogP contribution in [0.2, 0.25) is 0 Å². The van der Waals surface area contributed by atoms with E-state index in [0.717, 1.165) is 11.1 Å². The molecule has 3 aromatic rings. The first-order chi connectivity index (χ1) is 8.77. The third kappa shape index (κ3) is 1.55. The molecule has 0 radical (unpaired) electrons. The van der Waals surface area contributed by atoms with Crippen LogP contribution < -0.4 is 0 Å². The van der Waals surface area contributed by atoms with Gasteiger partial charge in [0, 0.05) is 5.56 Å². The molecule has 1 heterocycles. The van der Waals surface area contributed by atoms with Crippen LogP contribution in [-0.4, -0.2) is 9.91 Å². The molecular formula is C14H10N2O2. The topological polar surface area (TPSA) is 58.9 Å². The van der Waals surface area contributed by atoms with Crippen LogP contribution in [0.25, 0.3) is 22.2 Å². The van der Waals surface area contributed by atoms with E-state index in [1.165, 1.54) is 0 Å². The van der Waals surface area contributed by atoms with Crippen LogP contribution >= 0.6 is 0 Å². The van der Waals surface area contributed by atoms with Crippen LogP contribution in [0.1, 0.15) is 0 Å². The Morgan fingerprint density at radius 2 is 1.61 bits per heavy atom. The maximum absolute atomic E-state index is 11.3. The fourth-order valence-corrected chi connectivity index (χ4v) is 2.13. The number of H-pyrrole nitrogens is 1. The molecule has 1 aromatic heterocycles. The van der Waals surface area contributed by atoms with Gasteiger partial charge in [0.2, 0.25) is 0 Å². The summed E-state index contributed by atoms with van der Waals surface area (Å²) in [5.41, 5.74) is 2.29. The molecule has 0 unspecified atom stereocenters.